The van der Waals surface area contributed by atoms with Crippen molar-refractivity contribution in [2.45, 2.75) is 6.54 Å². The zero-order valence-corrected chi connectivity index (χ0v) is 10.5. The topological polar surface area (TPSA) is 88.6 Å². The van der Waals surface area contributed by atoms with E-state index in [9.17, 15) is 9.59 Å². The van der Waals surface area contributed by atoms with Crippen molar-refractivity contribution in [2.24, 2.45) is 0 Å². The van der Waals surface area contributed by atoms with Crippen LogP contribution in [0.25, 0.3) is 0 Å². The lowest BCUT2D eigenvalue weighted by molar-refractivity contribution is 0.0660. The molecule has 0 amide bonds. The molecule has 100 valence electrons. The van der Waals surface area contributed by atoms with Crippen molar-refractivity contribution >= 4 is 11.8 Å². The van der Waals surface area contributed by atoms with Crippen molar-refractivity contribution in [3.63, 3.8) is 0 Å². The number of aromatic carboxylic acids is 1. The third-order valence-corrected chi connectivity index (χ3v) is 2.49. The van der Waals surface area contributed by atoms with Gasteiger partial charge in [-0.25, -0.2) is 9.48 Å². The minimum Gasteiger partial charge on any atom is -0.475 e. The molecule has 0 aliphatic carbocycles. The summed E-state index contributed by atoms with van der Waals surface area (Å²) in [5.74, 6) is -0.312. The van der Waals surface area contributed by atoms with E-state index in [4.69, 9.17) is 9.52 Å². The Morgan fingerprint density at radius 1 is 1.37 bits per heavy atom. The van der Waals surface area contributed by atoms with Crippen LogP contribution in [0.15, 0.2) is 33.5 Å². The molecule has 0 aromatic carbocycles. The number of rotatable bonds is 4. The number of hydrogen-bond donors (Lipinski definition) is 1. The molecule has 0 bridgehead atoms. The Labute approximate surface area is 108 Å². The number of carbonyl (C=O) groups is 1. The fourth-order valence-electron chi connectivity index (χ4n) is 1.52. The summed E-state index contributed by atoms with van der Waals surface area (Å²) in [5.41, 5.74) is -0.279. The summed E-state index contributed by atoms with van der Waals surface area (Å²) in [6.07, 6.45) is 0. The van der Waals surface area contributed by atoms with Crippen molar-refractivity contribution in [1.29, 1.82) is 0 Å². The second-order valence-corrected chi connectivity index (χ2v) is 4.15. The maximum Gasteiger partial charge on any atom is 0.371 e. The molecule has 0 spiro atoms. The van der Waals surface area contributed by atoms with Crippen LogP contribution < -0.4 is 10.5 Å². The van der Waals surface area contributed by atoms with E-state index in [1.807, 2.05) is 14.1 Å². The van der Waals surface area contributed by atoms with Gasteiger partial charge in [0.25, 0.3) is 5.56 Å². The Bertz CT molecular complexity index is 657. The van der Waals surface area contributed by atoms with Gasteiger partial charge in [0.15, 0.2) is 0 Å². The van der Waals surface area contributed by atoms with Crippen LogP contribution in [-0.4, -0.2) is 35.0 Å². The van der Waals surface area contributed by atoms with E-state index in [1.54, 1.807) is 11.0 Å². The standard InChI is InChI=1S/C12H13N3O4/c1-14(2)10-5-6-11(16)15(13-10)7-8-3-4-9(19-8)12(17)18/h3-6H,7H2,1-2H3,(H,17,18). The highest BCUT2D eigenvalue weighted by Crippen LogP contribution is 2.09. The number of aromatic nitrogens is 2. The molecule has 2 heterocycles. The summed E-state index contributed by atoms with van der Waals surface area (Å²) in [6, 6.07) is 5.88. The van der Waals surface area contributed by atoms with E-state index in [0.717, 1.165) is 0 Å². The first-order valence-corrected chi connectivity index (χ1v) is 5.55. The van der Waals surface area contributed by atoms with Gasteiger partial charge in [-0.1, -0.05) is 0 Å². The summed E-state index contributed by atoms with van der Waals surface area (Å²) < 4.78 is 6.31. The fourth-order valence-corrected chi connectivity index (χ4v) is 1.52. The molecular formula is C12H13N3O4. The summed E-state index contributed by atoms with van der Waals surface area (Å²) >= 11 is 0. The molecule has 0 saturated heterocycles. The van der Waals surface area contributed by atoms with E-state index in [2.05, 4.69) is 5.10 Å². The van der Waals surface area contributed by atoms with Gasteiger partial charge in [-0.2, -0.15) is 5.10 Å². The second kappa shape index (κ2) is 4.97. The summed E-state index contributed by atoms with van der Waals surface area (Å²) in [4.78, 5) is 24.1. The lowest BCUT2D eigenvalue weighted by Gasteiger charge is -2.12. The molecule has 1 N–H and O–H groups in total. The van der Waals surface area contributed by atoms with Crippen LogP contribution in [0, 0.1) is 0 Å². The smallest absolute Gasteiger partial charge is 0.371 e. The minimum atomic E-state index is -1.14. The number of hydrogen-bond acceptors (Lipinski definition) is 5. The van der Waals surface area contributed by atoms with E-state index in [1.165, 1.54) is 22.9 Å². The monoisotopic (exact) mass is 263 g/mol. The Hall–Kier alpha value is -2.57. The van der Waals surface area contributed by atoms with Gasteiger partial charge in [0.05, 0.1) is 0 Å². The Balaban J connectivity index is 2.29. The van der Waals surface area contributed by atoms with Crippen LogP contribution in [0.3, 0.4) is 0 Å². The molecule has 0 saturated carbocycles. The number of carboxylic acid groups (broad SMARTS) is 1. The quantitative estimate of drug-likeness (QED) is 0.871. The third-order valence-electron chi connectivity index (χ3n) is 2.49. The molecular weight excluding hydrogens is 250 g/mol. The summed E-state index contributed by atoms with van der Waals surface area (Å²) in [7, 11) is 3.62. The molecule has 0 unspecified atom stereocenters. The summed E-state index contributed by atoms with van der Waals surface area (Å²) in [5, 5.41) is 12.9. The van der Waals surface area contributed by atoms with Crippen molar-refractivity contribution in [1.82, 2.24) is 9.78 Å². The number of nitrogens with zero attached hydrogens (tertiary/aromatic N) is 3. The zero-order chi connectivity index (χ0) is 14.0. The number of anilines is 1. The van der Waals surface area contributed by atoms with Crippen LogP contribution in [0.2, 0.25) is 0 Å². The Morgan fingerprint density at radius 3 is 2.68 bits per heavy atom. The van der Waals surface area contributed by atoms with Crippen molar-refractivity contribution in [3.05, 3.63) is 46.1 Å². The van der Waals surface area contributed by atoms with Crippen LogP contribution in [0.4, 0.5) is 5.82 Å². The normalized spacial score (nSPS) is 10.4. The fraction of sp³-hybridized carbons (Fsp3) is 0.250. The van der Waals surface area contributed by atoms with E-state index >= 15 is 0 Å². The van der Waals surface area contributed by atoms with Gasteiger partial charge in [-0.15, -0.1) is 0 Å². The molecule has 7 nitrogen and oxygen atoms in total. The van der Waals surface area contributed by atoms with Crippen molar-refractivity contribution in [2.75, 3.05) is 19.0 Å². The zero-order valence-electron chi connectivity index (χ0n) is 10.5. The van der Waals surface area contributed by atoms with Gasteiger partial charge in [0, 0.05) is 20.2 Å². The molecule has 7 heteroatoms. The highest BCUT2D eigenvalue weighted by Gasteiger charge is 2.10. The van der Waals surface area contributed by atoms with Crippen LogP contribution >= 0.6 is 0 Å². The lowest BCUT2D eigenvalue weighted by Crippen LogP contribution is -2.25. The highest BCUT2D eigenvalue weighted by molar-refractivity contribution is 5.84. The van der Waals surface area contributed by atoms with E-state index in [0.29, 0.717) is 11.6 Å². The predicted octanol–water partition coefficient (Wildman–Crippen LogP) is 0.649. The van der Waals surface area contributed by atoms with Gasteiger partial charge >= 0.3 is 5.97 Å². The molecule has 2 aromatic heterocycles. The van der Waals surface area contributed by atoms with Gasteiger partial charge in [0.1, 0.15) is 18.1 Å². The van der Waals surface area contributed by atoms with Crippen LogP contribution in [0.1, 0.15) is 16.3 Å². The largest absolute Gasteiger partial charge is 0.475 e. The van der Waals surface area contributed by atoms with Crippen molar-refractivity contribution < 1.29 is 14.3 Å². The molecule has 2 aromatic rings. The summed E-state index contributed by atoms with van der Waals surface area (Å²) in [6.45, 7) is 0.0911. The molecule has 0 aliphatic rings. The lowest BCUT2D eigenvalue weighted by atomic mass is 10.4. The molecule has 0 atom stereocenters. The first-order chi connectivity index (χ1) is 8.97. The maximum atomic E-state index is 11.7. The minimum absolute atomic E-state index is 0.0911. The molecule has 2 rings (SSSR count). The van der Waals surface area contributed by atoms with E-state index in [-0.39, 0.29) is 17.9 Å². The molecule has 0 aliphatic heterocycles. The van der Waals surface area contributed by atoms with Crippen molar-refractivity contribution in [3.8, 4) is 0 Å². The third kappa shape index (κ3) is 2.82. The van der Waals surface area contributed by atoms with Crippen LogP contribution in [0.5, 0.6) is 0 Å². The van der Waals surface area contributed by atoms with Gasteiger partial charge in [0.2, 0.25) is 5.76 Å². The molecule has 0 radical (unpaired) electrons. The second-order valence-electron chi connectivity index (χ2n) is 4.15. The highest BCUT2D eigenvalue weighted by atomic mass is 16.4. The average molecular weight is 263 g/mol. The first kappa shape index (κ1) is 12.9. The van der Waals surface area contributed by atoms with Gasteiger partial charge < -0.3 is 14.4 Å². The average Bonchev–Trinajstić information content (AvgIpc) is 2.80. The van der Waals surface area contributed by atoms with Gasteiger partial charge in [-0.05, 0) is 18.2 Å². The van der Waals surface area contributed by atoms with Crippen LogP contribution in [-0.2, 0) is 6.54 Å². The predicted molar refractivity (Wildman–Crippen MR) is 67.6 cm³/mol. The molecule has 0 fully saturated rings. The number of furan rings is 1. The number of carboxylic acids is 1. The van der Waals surface area contributed by atoms with E-state index < -0.39 is 5.97 Å². The first-order valence-electron chi connectivity index (χ1n) is 5.55. The Morgan fingerprint density at radius 2 is 2.11 bits per heavy atom. The molecule has 19 heavy (non-hydrogen) atoms. The maximum absolute atomic E-state index is 11.7. The SMILES string of the molecule is CN(C)c1ccc(=O)n(Cc2ccc(C(=O)O)o2)n1. The Kier molecular flexibility index (Phi) is 3.37. The van der Waals surface area contributed by atoms with Gasteiger partial charge in [-0.3, -0.25) is 4.79 Å².